The third kappa shape index (κ3) is 2.25. The maximum Gasteiger partial charge on any atom is 0.204 e. The summed E-state index contributed by atoms with van der Waals surface area (Å²) in [7, 11) is 0. The molecule has 3 heteroatoms. The van der Waals surface area contributed by atoms with Gasteiger partial charge < -0.3 is 10.3 Å². The van der Waals surface area contributed by atoms with Crippen LogP contribution >= 0.6 is 0 Å². The topological polar surface area (TPSA) is 40.7 Å². The Hall–Kier alpha value is -2.55. The molecule has 3 aromatic rings. The highest BCUT2D eigenvalue weighted by atomic mass is 15.1. The SMILES string of the molecule is c1ccc(-c2ccc(Nc3ncc[nH]3)cc2)cc1. The average Bonchev–Trinajstić information content (AvgIpc) is 2.94. The lowest BCUT2D eigenvalue weighted by Gasteiger charge is -2.05. The Morgan fingerprint density at radius 3 is 2.22 bits per heavy atom. The number of H-pyrrole nitrogens is 1. The molecule has 0 fully saturated rings. The Balaban J connectivity index is 1.81. The van der Waals surface area contributed by atoms with Gasteiger partial charge in [-0.3, -0.25) is 0 Å². The van der Waals surface area contributed by atoms with E-state index in [2.05, 4.69) is 39.6 Å². The molecule has 0 aliphatic rings. The molecule has 88 valence electrons. The summed E-state index contributed by atoms with van der Waals surface area (Å²) in [4.78, 5) is 7.14. The van der Waals surface area contributed by atoms with E-state index >= 15 is 0 Å². The van der Waals surface area contributed by atoms with Crippen molar-refractivity contribution in [3.8, 4) is 11.1 Å². The Kier molecular flexibility index (Phi) is 2.80. The van der Waals surface area contributed by atoms with Gasteiger partial charge in [-0.1, -0.05) is 42.5 Å². The van der Waals surface area contributed by atoms with Crippen molar-refractivity contribution in [2.75, 3.05) is 5.32 Å². The van der Waals surface area contributed by atoms with Crippen molar-refractivity contribution >= 4 is 11.6 Å². The Labute approximate surface area is 106 Å². The van der Waals surface area contributed by atoms with Crippen molar-refractivity contribution < 1.29 is 0 Å². The maximum absolute atomic E-state index is 4.13. The third-order valence-electron chi connectivity index (χ3n) is 2.75. The number of imidazole rings is 1. The second-order valence-electron chi connectivity index (χ2n) is 4.01. The number of aromatic nitrogens is 2. The normalized spacial score (nSPS) is 10.2. The fourth-order valence-corrected chi connectivity index (χ4v) is 1.85. The van der Waals surface area contributed by atoms with E-state index in [1.807, 2.05) is 30.3 Å². The zero-order chi connectivity index (χ0) is 12.2. The van der Waals surface area contributed by atoms with Gasteiger partial charge in [-0.2, -0.15) is 0 Å². The van der Waals surface area contributed by atoms with Crippen molar-refractivity contribution in [3.63, 3.8) is 0 Å². The van der Waals surface area contributed by atoms with E-state index in [1.165, 1.54) is 11.1 Å². The second kappa shape index (κ2) is 4.75. The summed E-state index contributed by atoms with van der Waals surface area (Å²) in [6.07, 6.45) is 3.52. The van der Waals surface area contributed by atoms with Gasteiger partial charge in [0.05, 0.1) is 0 Å². The van der Waals surface area contributed by atoms with E-state index in [0.717, 1.165) is 11.6 Å². The predicted octanol–water partition coefficient (Wildman–Crippen LogP) is 3.82. The number of aromatic amines is 1. The van der Waals surface area contributed by atoms with Gasteiger partial charge in [-0.15, -0.1) is 0 Å². The van der Waals surface area contributed by atoms with Gasteiger partial charge in [0.1, 0.15) is 0 Å². The van der Waals surface area contributed by atoms with Gasteiger partial charge in [0.2, 0.25) is 5.95 Å². The van der Waals surface area contributed by atoms with Crippen molar-refractivity contribution in [1.82, 2.24) is 9.97 Å². The standard InChI is InChI=1S/C15H13N3/c1-2-4-12(5-3-1)13-6-8-14(9-7-13)18-15-16-10-11-17-15/h1-11H,(H2,16,17,18). The highest BCUT2D eigenvalue weighted by molar-refractivity contribution is 5.67. The van der Waals surface area contributed by atoms with Crippen molar-refractivity contribution in [3.05, 3.63) is 67.0 Å². The van der Waals surface area contributed by atoms with Crippen LogP contribution < -0.4 is 5.32 Å². The van der Waals surface area contributed by atoms with Crippen molar-refractivity contribution in [2.45, 2.75) is 0 Å². The molecule has 3 nitrogen and oxygen atoms in total. The lowest BCUT2D eigenvalue weighted by atomic mass is 10.1. The van der Waals surface area contributed by atoms with Crippen LogP contribution in [0.4, 0.5) is 11.6 Å². The molecule has 3 rings (SSSR count). The highest BCUT2D eigenvalue weighted by Gasteiger charge is 1.98. The van der Waals surface area contributed by atoms with Crippen molar-refractivity contribution in [2.24, 2.45) is 0 Å². The average molecular weight is 235 g/mol. The van der Waals surface area contributed by atoms with E-state index in [1.54, 1.807) is 12.4 Å². The summed E-state index contributed by atoms with van der Waals surface area (Å²) in [5.41, 5.74) is 3.45. The summed E-state index contributed by atoms with van der Waals surface area (Å²) in [6, 6.07) is 18.6. The highest BCUT2D eigenvalue weighted by Crippen LogP contribution is 2.21. The fourth-order valence-electron chi connectivity index (χ4n) is 1.85. The molecule has 0 saturated carbocycles. The van der Waals surface area contributed by atoms with Gasteiger partial charge in [-0.25, -0.2) is 4.98 Å². The van der Waals surface area contributed by atoms with E-state index in [4.69, 9.17) is 0 Å². The van der Waals surface area contributed by atoms with Gasteiger partial charge in [0, 0.05) is 18.1 Å². The van der Waals surface area contributed by atoms with Crippen LogP contribution in [0.25, 0.3) is 11.1 Å². The molecular formula is C15H13N3. The molecule has 0 aliphatic carbocycles. The first-order valence-corrected chi connectivity index (χ1v) is 5.84. The van der Waals surface area contributed by atoms with Crippen LogP contribution in [-0.4, -0.2) is 9.97 Å². The van der Waals surface area contributed by atoms with E-state index in [-0.39, 0.29) is 0 Å². The smallest absolute Gasteiger partial charge is 0.204 e. The first kappa shape index (κ1) is 10.6. The molecule has 2 aromatic carbocycles. The number of nitrogens with one attached hydrogen (secondary N) is 2. The molecule has 0 aliphatic heterocycles. The number of nitrogens with zero attached hydrogens (tertiary/aromatic N) is 1. The summed E-state index contributed by atoms with van der Waals surface area (Å²) >= 11 is 0. The summed E-state index contributed by atoms with van der Waals surface area (Å²) in [6.45, 7) is 0. The molecule has 18 heavy (non-hydrogen) atoms. The Morgan fingerprint density at radius 1 is 0.833 bits per heavy atom. The third-order valence-corrected chi connectivity index (χ3v) is 2.75. The largest absolute Gasteiger partial charge is 0.331 e. The van der Waals surface area contributed by atoms with E-state index < -0.39 is 0 Å². The number of rotatable bonds is 3. The Morgan fingerprint density at radius 2 is 1.56 bits per heavy atom. The monoisotopic (exact) mass is 235 g/mol. The second-order valence-corrected chi connectivity index (χ2v) is 4.01. The quantitative estimate of drug-likeness (QED) is 0.724. The molecule has 1 heterocycles. The summed E-state index contributed by atoms with van der Waals surface area (Å²) < 4.78 is 0. The van der Waals surface area contributed by atoms with Gasteiger partial charge in [0.25, 0.3) is 0 Å². The van der Waals surface area contributed by atoms with Gasteiger partial charge in [0.15, 0.2) is 0 Å². The molecule has 0 bridgehead atoms. The minimum atomic E-state index is 0.752. The lowest BCUT2D eigenvalue weighted by molar-refractivity contribution is 1.29. The lowest BCUT2D eigenvalue weighted by Crippen LogP contribution is -1.91. The molecule has 0 unspecified atom stereocenters. The van der Waals surface area contributed by atoms with Crippen LogP contribution in [0.15, 0.2) is 67.0 Å². The van der Waals surface area contributed by atoms with Gasteiger partial charge in [-0.05, 0) is 23.3 Å². The number of anilines is 2. The number of hydrogen-bond donors (Lipinski definition) is 2. The minimum Gasteiger partial charge on any atom is -0.331 e. The zero-order valence-corrected chi connectivity index (χ0v) is 9.80. The van der Waals surface area contributed by atoms with Gasteiger partial charge >= 0.3 is 0 Å². The predicted molar refractivity (Wildman–Crippen MR) is 73.7 cm³/mol. The molecule has 0 amide bonds. The van der Waals surface area contributed by atoms with Crippen LogP contribution in [0.2, 0.25) is 0 Å². The van der Waals surface area contributed by atoms with Crippen LogP contribution in [0.5, 0.6) is 0 Å². The van der Waals surface area contributed by atoms with E-state index in [0.29, 0.717) is 0 Å². The van der Waals surface area contributed by atoms with Crippen LogP contribution in [0.1, 0.15) is 0 Å². The molecule has 0 atom stereocenters. The summed E-state index contributed by atoms with van der Waals surface area (Å²) in [5, 5.41) is 3.20. The first-order valence-electron chi connectivity index (χ1n) is 5.84. The molecule has 0 radical (unpaired) electrons. The minimum absolute atomic E-state index is 0.752. The Bertz CT molecular complexity index is 598. The molecule has 1 aromatic heterocycles. The van der Waals surface area contributed by atoms with Crippen LogP contribution in [0.3, 0.4) is 0 Å². The first-order chi connectivity index (χ1) is 8.92. The fraction of sp³-hybridized carbons (Fsp3) is 0. The molecule has 0 spiro atoms. The van der Waals surface area contributed by atoms with Crippen LogP contribution in [-0.2, 0) is 0 Å². The van der Waals surface area contributed by atoms with Crippen molar-refractivity contribution in [1.29, 1.82) is 0 Å². The van der Waals surface area contributed by atoms with Crippen LogP contribution in [0, 0.1) is 0 Å². The number of hydrogen-bond acceptors (Lipinski definition) is 2. The number of benzene rings is 2. The molecule has 0 saturated heterocycles. The zero-order valence-electron chi connectivity index (χ0n) is 9.80. The van der Waals surface area contributed by atoms with E-state index in [9.17, 15) is 0 Å². The molecular weight excluding hydrogens is 222 g/mol. The summed E-state index contributed by atoms with van der Waals surface area (Å²) in [5.74, 6) is 0.752. The molecule has 2 N–H and O–H groups in total. The maximum atomic E-state index is 4.13.